The van der Waals surface area contributed by atoms with Gasteiger partial charge in [0.25, 0.3) is 5.91 Å². The number of hydrogen-bond acceptors (Lipinski definition) is 6. The maximum Gasteiger partial charge on any atom is 0.258 e. The molecule has 35 heavy (non-hydrogen) atoms. The zero-order valence-corrected chi connectivity index (χ0v) is 19.2. The zero-order chi connectivity index (χ0) is 23.6. The molecule has 0 bridgehead atoms. The molecule has 174 valence electrons. The molecular weight excluding hydrogens is 438 g/mol. The molecule has 1 amide bonds. The Hall–Kier alpha value is -4.26. The molecule has 7 nitrogen and oxygen atoms in total. The highest BCUT2D eigenvalue weighted by molar-refractivity contribution is 5.93. The van der Waals surface area contributed by atoms with Gasteiger partial charge < -0.3 is 15.4 Å². The van der Waals surface area contributed by atoms with E-state index < -0.39 is 0 Å². The van der Waals surface area contributed by atoms with E-state index in [1.807, 2.05) is 60.8 Å². The van der Waals surface area contributed by atoms with Gasteiger partial charge in [-0.3, -0.25) is 9.79 Å². The summed E-state index contributed by atoms with van der Waals surface area (Å²) < 4.78 is 5.76. The Kier molecular flexibility index (Phi) is 5.58. The molecule has 1 aromatic heterocycles. The highest BCUT2D eigenvalue weighted by Gasteiger charge is 2.19. The summed E-state index contributed by atoms with van der Waals surface area (Å²) in [5.74, 6) is 1.83. The number of aliphatic imine (C=N–C) groups is 1. The standard InChI is InChI=1S/C28H25N5O2/c34-26(30-21-6-4-7-21)17-35-23-8-3-5-18(14-23)27-32-25-10-2-1-9-24(25)28(33-27)31-22-12-11-19-15-29-16-20(19)13-22/h1-3,5,8-14,16,21H,4,6-7,15,17H2,(H,30,34)(H,31,32,33). The minimum absolute atomic E-state index is 0.00698. The van der Waals surface area contributed by atoms with Gasteiger partial charge in [0.05, 0.1) is 12.1 Å². The number of rotatable bonds is 7. The van der Waals surface area contributed by atoms with Crippen molar-refractivity contribution in [2.24, 2.45) is 4.99 Å². The summed E-state index contributed by atoms with van der Waals surface area (Å²) in [5, 5.41) is 7.40. The molecule has 6 rings (SSSR count). The monoisotopic (exact) mass is 463 g/mol. The van der Waals surface area contributed by atoms with Crippen molar-refractivity contribution in [1.82, 2.24) is 15.3 Å². The number of nitrogens with zero attached hydrogens (tertiary/aromatic N) is 3. The normalized spacial score (nSPS) is 14.4. The first-order valence-electron chi connectivity index (χ1n) is 11.9. The lowest BCUT2D eigenvalue weighted by atomic mass is 9.93. The van der Waals surface area contributed by atoms with E-state index in [1.165, 1.54) is 12.0 Å². The van der Waals surface area contributed by atoms with Crippen LogP contribution in [0, 0.1) is 0 Å². The second-order valence-electron chi connectivity index (χ2n) is 8.93. The molecule has 1 aliphatic carbocycles. The topological polar surface area (TPSA) is 88.5 Å². The highest BCUT2D eigenvalue weighted by atomic mass is 16.5. The molecule has 0 radical (unpaired) electrons. The lowest BCUT2D eigenvalue weighted by Crippen LogP contribution is -2.41. The van der Waals surface area contributed by atoms with E-state index in [9.17, 15) is 4.79 Å². The maximum absolute atomic E-state index is 12.1. The molecule has 1 aliphatic heterocycles. The van der Waals surface area contributed by atoms with Crippen molar-refractivity contribution >= 4 is 34.5 Å². The van der Waals surface area contributed by atoms with Crippen LogP contribution in [-0.2, 0) is 11.3 Å². The first kappa shape index (κ1) is 21.3. The van der Waals surface area contributed by atoms with Crippen LogP contribution in [0.1, 0.15) is 30.4 Å². The van der Waals surface area contributed by atoms with Gasteiger partial charge in [-0.15, -0.1) is 0 Å². The van der Waals surface area contributed by atoms with Crippen LogP contribution in [0.5, 0.6) is 5.75 Å². The Morgan fingerprint density at radius 3 is 2.80 bits per heavy atom. The molecule has 0 saturated heterocycles. The van der Waals surface area contributed by atoms with Crippen molar-refractivity contribution < 1.29 is 9.53 Å². The highest BCUT2D eigenvalue weighted by Crippen LogP contribution is 2.30. The molecular formula is C28H25N5O2. The molecule has 0 atom stereocenters. The van der Waals surface area contributed by atoms with Gasteiger partial charge >= 0.3 is 0 Å². The third kappa shape index (κ3) is 4.57. The van der Waals surface area contributed by atoms with E-state index in [4.69, 9.17) is 14.7 Å². The van der Waals surface area contributed by atoms with Crippen LogP contribution in [0.4, 0.5) is 11.5 Å². The number of aromatic nitrogens is 2. The zero-order valence-electron chi connectivity index (χ0n) is 19.2. The van der Waals surface area contributed by atoms with E-state index in [2.05, 4.69) is 27.8 Å². The summed E-state index contributed by atoms with van der Waals surface area (Å²) in [5.41, 5.74) is 4.95. The Bertz CT molecular complexity index is 1440. The number of para-hydroxylation sites is 1. The fourth-order valence-corrected chi connectivity index (χ4v) is 4.31. The number of amides is 1. The number of benzene rings is 3. The van der Waals surface area contributed by atoms with Gasteiger partial charge in [-0.2, -0.15) is 0 Å². The number of anilines is 2. The molecule has 2 N–H and O–H groups in total. The Morgan fingerprint density at radius 1 is 1.00 bits per heavy atom. The van der Waals surface area contributed by atoms with Crippen LogP contribution in [-0.4, -0.2) is 34.7 Å². The molecule has 1 fully saturated rings. The van der Waals surface area contributed by atoms with Gasteiger partial charge in [-0.05, 0) is 66.8 Å². The van der Waals surface area contributed by atoms with Crippen molar-refractivity contribution in [3.8, 4) is 17.1 Å². The van der Waals surface area contributed by atoms with Gasteiger partial charge in [0.15, 0.2) is 12.4 Å². The van der Waals surface area contributed by atoms with Crippen LogP contribution in [0.15, 0.2) is 71.7 Å². The molecule has 2 aliphatic rings. The Morgan fingerprint density at radius 2 is 1.91 bits per heavy atom. The predicted molar refractivity (Wildman–Crippen MR) is 137 cm³/mol. The van der Waals surface area contributed by atoms with Crippen molar-refractivity contribution in [2.45, 2.75) is 31.8 Å². The van der Waals surface area contributed by atoms with E-state index in [-0.39, 0.29) is 12.5 Å². The van der Waals surface area contributed by atoms with Crippen LogP contribution < -0.4 is 15.4 Å². The minimum Gasteiger partial charge on any atom is -0.484 e. The summed E-state index contributed by atoms with van der Waals surface area (Å²) in [4.78, 5) is 26.1. The molecule has 0 unspecified atom stereocenters. The largest absolute Gasteiger partial charge is 0.484 e. The van der Waals surface area contributed by atoms with Crippen LogP contribution in [0.25, 0.3) is 22.3 Å². The molecule has 1 saturated carbocycles. The summed E-state index contributed by atoms with van der Waals surface area (Å²) >= 11 is 0. The Balaban J connectivity index is 1.27. The number of nitrogens with one attached hydrogen (secondary N) is 2. The maximum atomic E-state index is 12.1. The second kappa shape index (κ2) is 9.18. The van der Waals surface area contributed by atoms with Gasteiger partial charge in [0.1, 0.15) is 11.6 Å². The molecule has 4 aromatic rings. The minimum atomic E-state index is -0.0899. The predicted octanol–water partition coefficient (Wildman–Crippen LogP) is 5.02. The molecule has 3 aromatic carbocycles. The van der Waals surface area contributed by atoms with Crippen LogP contribution >= 0.6 is 0 Å². The fraction of sp³-hybridized carbons (Fsp3) is 0.214. The van der Waals surface area contributed by atoms with Gasteiger partial charge in [0.2, 0.25) is 0 Å². The lowest BCUT2D eigenvalue weighted by molar-refractivity contribution is -0.124. The molecule has 0 spiro atoms. The second-order valence-corrected chi connectivity index (χ2v) is 8.93. The van der Waals surface area contributed by atoms with E-state index in [0.29, 0.717) is 17.6 Å². The number of ether oxygens (including phenoxy) is 1. The Labute approximate surface area is 203 Å². The first-order valence-corrected chi connectivity index (χ1v) is 11.9. The summed E-state index contributed by atoms with van der Waals surface area (Å²) in [7, 11) is 0. The average Bonchev–Trinajstić information content (AvgIpc) is 3.33. The van der Waals surface area contributed by atoms with Crippen molar-refractivity contribution in [3.05, 3.63) is 77.9 Å². The smallest absolute Gasteiger partial charge is 0.258 e. The quantitative estimate of drug-likeness (QED) is 0.402. The third-order valence-corrected chi connectivity index (χ3v) is 6.44. The van der Waals surface area contributed by atoms with Gasteiger partial charge in [-0.25, -0.2) is 9.97 Å². The molecule has 2 heterocycles. The summed E-state index contributed by atoms with van der Waals surface area (Å²) in [6, 6.07) is 22.0. The van der Waals surface area contributed by atoms with Crippen molar-refractivity contribution in [1.29, 1.82) is 0 Å². The fourth-order valence-electron chi connectivity index (χ4n) is 4.31. The van der Waals surface area contributed by atoms with Gasteiger partial charge in [0, 0.05) is 28.9 Å². The first-order chi connectivity index (χ1) is 17.2. The van der Waals surface area contributed by atoms with Crippen LogP contribution in [0.3, 0.4) is 0 Å². The number of fused-ring (bicyclic) bond motifs is 2. The van der Waals surface area contributed by atoms with Crippen LogP contribution in [0.2, 0.25) is 0 Å². The average molecular weight is 464 g/mol. The van der Waals surface area contributed by atoms with E-state index >= 15 is 0 Å². The van der Waals surface area contributed by atoms with Crippen molar-refractivity contribution in [3.63, 3.8) is 0 Å². The van der Waals surface area contributed by atoms with E-state index in [1.54, 1.807) is 0 Å². The summed E-state index contributed by atoms with van der Waals surface area (Å²) in [6.45, 7) is 0.726. The number of carbonyl (C=O) groups excluding carboxylic acids is 1. The summed E-state index contributed by atoms with van der Waals surface area (Å²) in [6.07, 6.45) is 5.19. The molecule has 7 heteroatoms. The van der Waals surface area contributed by atoms with E-state index in [0.717, 1.165) is 52.9 Å². The van der Waals surface area contributed by atoms with Crippen molar-refractivity contribution in [2.75, 3.05) is 11.9 Å². The number of hydrogen-bond donors (Lipinski definition) is 2. The van der Waals surface area contributed by atoms with Gasteiger partial charge in [-0.1, -0.05) is 30.3 Å². The number of carbonyl (C=O) groups is 1. The third-order valence-electron chi connectivity index (χ3n) is 6.44. The SMILES string of the molecule is O=C(COc1cccc(-c2nc(Nc3ccc4c(c3)C=NC4)c3ccccc3n2)c1)NC1CCC1. The lowest BCUT2D eigenvalue weighted by Gasteiger charge is -2.26.